The van der Waals surface area contributed by atoms with Gasteiger partial charge >= 0.3 is 0 Å². The van der Waals surface area contributed by atoms with Gasteiger partial charge < -0.3 is 4.74 Å². The first-order valence-electron chi connectivity index (χ1n) is 7.16. The molecule has 0 saturated carbocycles. The first kappa shape index (κ1) is 18.1. The molecule has 0 aliphatic rings. The number of hydrogen-bond acceptors (Lipinski definition) is 3. The summed E-state index contributed by atoms with van der Waals surface area (Å²) in [4.78, 5) is 10.3. The van der Waals surface area contributed by atoms with Crippen molar-refractivity contribution in [3.05, 3.63) is 59.2 Å². The summed E-state index contributed by atoms with van der Waals surface area (Å²) in [6, 6.07) is 13.9. The lowest BCUT2D eigenvalue weighted by molar-refractivity contribution is 0.343. The zero-order valence-electron chi connectivity index (χ0n) is 13.5. The molecule has 0 spiro atoms. The molecule has 2 aromatic carbocycles. The Morgan fingerprint density at radius 2 is 1.50 bits per heavy atom. The smallest absolute Gasteiger partial charge is 0.203 e. The van der Waals surface area contributed by atoms with Gasteiger partial charge in [0.15, 0.2) is 7.80 Å². The van der Waals surface area contributed by atoms with Gasteiger partial charge in [-0.15, -0.1) is 0 Å². The summed E-state index contributed by atoms with van der Waals surface area (Å²) in [5, 5.41) is 0.467. The van der Waals surface area contributed by atoms with Crippen LogP contribution in [0, 0.1) is 20.8 Å². The van der Waals surface area contributed by atoms with E-state index in [2.05, 4.69) is 39.0 Å². The average Bonchev–Trinajstić information content (AvgIpc) is 2.46. The Kier molecular flexibility index (Phi) is 7.48. The summed E-state index contributed by atoms with van der Waals surface area (Å²) in [5.74, 6) is 0.526. The number of hydrogen-bond donors (Lipinski definition) is 0. The van der Waals surface area contributed by atoms with E-state index in [1.807, 2.05) is 6.92 Å². The maximum atomic E-state index is 11.2. The van der Waals surface area contributed by atoms with Crippen molar-refractivity contribution >= 4 is 19.1 Å². The standard InChI is InChI=1S/C9H10O3P.C9H12/c1-2-12-8-5-3-4-6-9(8)13(11)7-10;1-7-4-8(2)6-9(3)5-7/h3-7H,2H2,1H3;4-6H,1-3H3. The molecule has 0 saturated heterocycles. The Hall–Kier alpha value is -1.99. The van der Waals surface area contributed by atoms with Crippen LogP contribution in [0.2, 0.25) is 0 Å². The van der Waals surface area contributed by atoms with Crippen LogP contribution in [0.4, 0.5) is 0 Å². The van der Waals surface area contributed by atoms with Gasteiger partial charge in [0.2, 0.25) is 6.03 Å². The Morgan fingerprint density at radius 3 is 1.95 bits per heavy atom. The molecule has 0 fully saturated rings. The third-order valence-corrected chi connectivity index (χ3v) is 3.90. The first-order valence-corrected chi connectivity index (χ1v) is 8.49. The van der Waals surface area contributed by atoms with Crippen LogP contribution in [-0.2, 0) is 9.36 Å². The molecule has 1 atom stereocenters. The minimum absolute atomic E-state index is 0.438. The van der Waals surface area contributed by atoms with Crippen molar-refractivity contribution in [3.8, 4) is 5.75 Å². The van der Waals surface area contributed by atoms with Crippen molar-refractivity contribution in [1.82, 2.24) is 0 Å². The van der Waals surface area contributed by atoms with Crippen molar-refractivity contribution in [1.29, 1.82) is 0 Å². The number of carbonyl (C=O) groups is 1. The van der Waals surface area contributed by atoms with Crippen LogP contribution in [0.15, 0.2) is 42.5 Å². The van der Waals surface area contributed by atoms with E-state index in [9.17, 15) is 9.36 Å². The third kappa shape index (κ3) is 5.79. The second-order valence-corrected chi connectivity index (χ2v) is 6.34. The summed E-state index contributed by atoms with van der Waals surface area (Å²) in [5.41, 5.74) is 4.06. The molecule has 2 rings (SSSR count). The molecule has 0 bridgehead atoms. The van der Waals surface area contributed by atoms with E-state index in [4.69, 9.17) is 4.74 Å². The molecule has 2 aromatic rings. The number of para-hydroxylation sites is 1. The fourth-order valence-electron chi connectivity index (χ4n) is 2.18. The van der Waals surface area contributed by atoms with Crippen molar-refractivity contribution in [2.24, 2.45) is 0 Å². The molecule has 0 amide bonds. The van der Waals surface area contributed by atoms with Gasteiger partial charge in [-0.25, -0.2) is 0 Å². The highest BCUT2D eigenvalue weighted by Crippen LogP contribution is 2.22. The van der Waals surface area contributed by atoms with Crippen LogP contribution in [-0.4, -0.2) is 12.6 Å². The fraction of sp³-hybridized carbons (Fsp3) is 0.278. The van der Waals surface area contributed by atoms with Gasteiger partial charge in [0.05, 0.1) is 11.9 Å². The number of carbonyl (C=O) groups excluding carboxylic acids is 1. The number of ether oxygens (including phenoxy) is 1. The van der Waals surface area contributed by atoms with Gasteiger partial charge in [0.1, 0.15) is 5.75 Å². The van der Waals surface area contributed by atoms with E-state index in [0.29, 0.717) is 23.7 Å². The Labute approximate surface area is 133 Å². The summed E-state index contributed by atoms with van der Waals surface area (Å²) in [6.45, 7) is 8.71. The number of rotatable bonds is 4. The Bertz CT molecular complexity index is 600. The molecule has 0 aliphatic carbocycles. The molecule has 0 aliphatic heterocycles. The van der Waals surface area contributed by atoms with Gasteiger partial charge in [-0.1, -0.05) is 47.0 Å². The van der Waals surface area contributed by atoms with Crippen molar-refractivity contribution < 1.29 is 14.1 Å². The third-order valence-electron chi connectivity index (χ3n) is 2.86. The largest absolute Gasteiger partial charge is 0.493 e. The van der Waals surface area contributed by atoms with E-state index in [-0.39, 0.29) is 0 Å². The molecule has 0 N–H and O–H groups in total. The summed E-state index contributed by atoms with van der Waals surface area (Å²) in [6.07, 6.45) is 0. The van der Waals surface area contributed by atoms with Crippen LogP contribution in [0.25, 0.3) is 0 Å². The second kappa shape index (κ2) is 9.11. The topological polar surface area (TPSA) is 43.4 Å². The number of benzene rings is 2. The molecular weight excluding hydrogens is 295 g/mol. The maximum absolute atomic E-state index is 11.2. The molecule has 0 heterocycles. The van der Waals surface area contributed by atoms with Crippen molar-refractivity contribution in [2.75, 3.05) is 6.61 Å². The molecule has 4 heteroatoms. The predicted molar refractivity (Wildman–Crippen MR) is 92.3 cm³/mol. The highest BCUT2D eigenvalue weighted by atomic mass is 31.1. The van der Waals surface area contributed by atoms with Gasteiger partial charge in [-0.05, 0) is 39.8 Å². The molecule has 22 heavy (non-hydrogen) atoms. The molecule has 3 nitrogen and oxygen atoms in total. The van der Waals surface area contributed by atoms with Crippen LogP contribution in [0.5, 0.6) is 5.75 Å². The van der Waals surface area contributed by atoms with E-state index < -0.39 is 7.80 Å². The molecule has 1 unspecified atom stereocenters. The van der Waals surface area contributed by atoms with Crippen LogP contribution >= 0.6 is 7.80 Å². The van der Waals surface area contributed by atoms with Crippen LogP contribution in [0.1, 0.15) is 23.6 Å². The van der Waals surface area contributed by atoms with E-state index in [1.165, 1.54) is 16.7 Å². The fourth-order valence-corrected chi connectivity index (χ4v) is 2.88. The summed E-state index contributed by atoms with van der Waals surface area (Å²) in [7, 11) is -1.96. The lowest BCUT2D eigenvalue weighted by Gasteiger charge is -2.05. The average molecular weight is 317 g/mol. The van der Waals surface area contributed by atoms with Crippen molar-refractivity contribution in [2.45, 2.75) is 27.7 Å². The summed E-state index contributed by atoms with van der Waals surface area (Å²) < 4.78 is 16.4. The van der Waals surface area contributed by atoms with E-state index >= 15 is 0 Å². The molecular formula is C18H22O3P. The summed E-state index contributed by atoms with van der Waals surface area (Å²) >= 11 is 0. The minimum Gasteiger partial charge on any atom is -0.493 e. The van der Waals surface area contributed by atoms with Gasteiger partial charge in [-0.3, -0.25) is 9.36 Å². The maximum Gasteiger partial charge on any atom is 0.203 e. The monoisotopic (exact) mass is 317 g/mol. The quantitative estimate of drug-likeness (QED) is 0.622. The lowest BCUT2D eigenvalue weighted by atomic mass is 10.1. The highest BCUT2D eigenvalue weighted by molar-refractivity contribution is 7.68. The Balaban J connectivity index is 0.000000235. The number of aryl methyl sites for hydroxylation is 3. The second-order valence-electron chi connectivity index (χ2n) is 5.00. The highest BCUT2D eigenvalue weighted by Gasteiger charge is 2.08. The van der Waals surface area contributed by atoms with Gasteiger partial charge in [0.25, 0.3) is 0 Å². The van der Waals surface area contributed by atoms with Crippen LogP contribution < -0.4 is 10.0 Å². The van der Waals surface area contributed by atoms with E-state index in [1.54, 1.807) is 24.3 Å². The molecule has 117 valence electrons. The molecule has 1 radical (unpaired) electrons. The minimum atomic E-state index is -1.96. The van der Waals surface area contributed by atoms with E-state index in [0.717, 1.165) is 0 Å². The molecule has 0 aromatic heterocycles. The predicted octanol–water partition coefficient (Wildman–Crippen LogP) is 4.34. The van der Waals surface area contributed by atoms with Crippen LogP contribution in [0.3, 0.4) is 0 Å². The van der Waals surface area contributed by atoms with Gasteiger partial charge in [0, 0.05) is 0 Å². The zero-order valence-corrected chi connectivity index (χ0v) is 14.4. The Morgan fingerprint density at radius 1 is 1.00 bits per heavy atom. The lowest BCUT2D eigenvalue weighted by Crippen LogP contribution is -2.04. The normalized spacial score (nSPS) is 10.3. The van der Waals surface area contributed by atoms with Gasteiger partial charge in [-0.2, -0.15) is 0 Å². The van der Waals surface area contributed by atoms with Crippen molar-refractivity contribution in [3.63, 3.8) is 0 Å². The first-order chi connectivity index (χ1) is 10.5. The zero-order chi connectivity index (χ0) is 16.5. The SMILES string of the molecule is CCOc1ccccc1[P](=O)C=O.Cc1cc(C)cc(C)c1.